The van der Waals surface area contributed by atoms with Gasteiger partial charge in [0.2, 0.25) is 0 Å². The number of benzene rings is 3. The Kier molecular flexibility index (Phi) is 5.79. The largest absolute Gasteiger partial charge is 0.331 e. The van der Waals surface area contributed by atoms with Crippen molar-refractivity contribution < 1.29 is 9.59 Å². The van der Waals surface area contributed by atoms with E-state index in [1.54, 1.807) is 6.07 Å². The molecule has 3 N–H and O–H groups in total. The second kappa shape index (κ2) is 8.91. The molecule has 1 unspecified atom stereocenters. The zero-order valence-electron chi connectivity index (χ0n) is 19.4. The summed E-state index contributed by atoms with van der Waals surface area (Å²) in [5, 5.41) is 9.45. The highest BCUT2D eigenvalue weighted by atomic mass is 32.1. The maximum absolute atomic E-state index is 12.9. The first kappa shape index (κ1) is 22.1. The van der Waals surface area contributed by atoms with Crippen LogP contribution in [0.3, 0.4) is 0 Å². The molecule has 3 aromatic carbocycles. The van der Waals surface area contributed by atoms with Gasteiger partial charge in [-0.2, -0.15) is 0 Å². The second-order valence-corrected chi connectivity index (χ2v) is 9.85. The van der Waals surface area contributed by atoms with Crippen LogP contribution in [-0.4, -0.2) is 16.9 Å². The summed E-state index contributed by atoms with van der Waals surface area (Å²) in [4.78, 5) is 30.0. The lowest BCUT2D eigenvalue weighted by molar-refractivity contribution is 0.102. The summed E-state index contributed by atoms with van der Waals surface area (Å²) in [6.07, 6.45) is 1.86. The Morgan fingerprint density at radius 3 is 2.53 bits per heavy atom. The predicted octanol–water partition coefficient (Wildman–Crippen LogP) is 6.28. The molecule has 0 saturated heterocycles. The monoisotopic (exact) mass is 470 g/mol. The minimum Gasteiger partial charge on any atom is -0.331 e. The molecule has 6 nitrogen and oxygen atoms in total. The highest BCUT2D eigenvalue weighted by Crippen LogP contribution is 2.31. The fraction of sp³-hybridized carbons (Fsp3) is 0.222. The van der Waals surface area contributed by atoms with Crippen LogP contribution in [0.25, 0.3) is 10.2 Å². The van der Waals surface area contributed by atoms with Crippen LogP contribution in [0.15, 0.2) is 54.6 Å². The van der Waals surface area contributed by atoms with Gasteiger partial charge >= 0.3 is 6.03 Å². The van der Waals surface area contributed by atoms with Crippen molar-refractivity contribution in [2.45, 2.75) is 39.7 Å². The molecule has 1 aliphatic rings. The van der Waals surface area contributed by atoms with Crippen LogP contribution in [0.1, 0.15) is 50.6 Å². The van der Waals surface area contributed by atoms with Gasteiger partial charge in [-0.1, -0.05) is 53.3 Å². The van der Waals surface area contributed by atoms with Crippen molar-refractivity contribution in [2.24, 2.45) is 0 Å². The summed E-state index contributed by atoms with van der Waals surface area (Å²) in [6.45, 7) is 6.03. The third kappa shape index (κ3) is 4.39. The van der Waals surface area contributed by atoms with Gasteiger partial charge in [-0.25, -0.2) is 9.78 Å². The lowest BCUT2D eigenvalue weighted by atomic mass is 10.0. The highest BCUT2D eigenvalue weighted by molar-refractivity contribution is 7.22. The Labute approximate surface area is 202 Å². The third-order valence-corrected chi connectivity index (χ3v) is 7.16. The topological polar surface area (TPSA) is 83.1 Å². The Morgan fingerprint density at radius 1 is 0.971 bits per heavy atom. The van der Waals surface area contributed by atoms with Gasteiger partial charge in [0.05, 0.1) is 16.3 Å². The van der Waals surface area contributed by atoms with Crippen molar-refractivity contribution in [3.63, 3.8) is 0 Å². The van der Waals surface area contributed by atoms with Crippen molar-refractivity contribution in [1.82, 2.24) is 10.3 Å². The van der Waals surface area contributed by atoms with E-state index in [2.05, 4.69) is 45.2 Å². The normalized spacial score (nSPS) is 14.6. The fourth-order valence-corrected chi connectivity index (χ4v) is 5.58. The maximum Gasteiger partial charge on any atom is 0.321 e. The number of carbonyl (C=O) groups is 2. The molecule has 7 heteroatoms. The van der Waals surface area contributed by atoms with Crippen LogP contribution in [0.4, 0.5) is 15.6 Å². The summed E-state index contributed by atoms with van der Waals surface area (Å²) < 4.78 is 0.839. The maximum atomic E-state index is 12.9. The number of fused-ring (bicyclic) bond motifs is 2. The summed E-state index contributed by atoms with van der Waals surface area (Å²) in [5.41, 5.74) is 7.83. The Balaban J connectivity index is 1.28. The summed E-state index contributed by atoms with van der Waals surface area (Å²) in [5.74, 6) is -0.169. The van der Waals surface area contributed by atoms with Crippen molar-refractivity contribution in [3.8, 4) is 0 Å². The van der Waals surface area contributed by atoms with Gasteiger partial charge in [0, 0.05) is 11.3 Å². The van der Waals surface area contributed by atoms with E-state index in [0.29, 0.717) is 10.7 Å². The number of urea groups is 1. The fourth-order valence-electron chi connectivity index (χ4n) is 4.68. The van der Waals surface area contributed by atoms with Crippen molar-refractivity contribution in [2.75, 3.05) is 10.6 Å². The zero-order valence-corrected chi connectivity index (χ0v) is 20.2. The summed E-state index contributed by atoms with van der Waals surface area (Å²) in [6, 6.07) is 17.4. The van der Waals surface area contributed by atoms with Gasteiger partial charge < -0.3 is 10.6 Å². The van der Waals surface area contributed by atoms with E-state index < -0.39 is 0 Å². The molecule has 1 heterocycles. The van der Waals surface area contributed by atoms with Crippen LogP contribution < -0.4 is 16.0 Å². The van der Waals surface area contributed by atoms with Crippen LogP contribution in [-0.2, 0) is 6.42 Å². The quantitative estimate of drug-likeness (QED) is 0.328. The molecule has 34 heavy (non-hydrogen) atoms. The minimum absolute atomic E-state index is 0.00886. The number of aromatic nitrogens is 1. The second-order valence-electron chi connectivity index (χ2n) is 8.82. The molecule has 172 valence electrons. The third-order valence-electron chi connectivity index (χ3n) is 6.22. The number of anilines is 2. The van der Waals surface area contributed by atoms with E-state index in [0.717, 1.165) is 39.9 Å². The van der Waals surface area contributed by atoms with Gasteiger partial charge in [0.15, 0.2) is 5.13 Å². The molecule has 5 rings (SSSR count). The SMILES string of the molecule is Cc1cc(C)c(NC(=O)c2ccc3nc(NC(=O)NC4CCc5ccccc54)sc3c2)c(C)c1. The predicted molar refractivity (Wildman–Crippen MR) is 138 cm³/mol. The van der Waals surface area contributed by atoms with E-state index >= 15 is 0 Å². The Bertz CT molecular complexity index is 1400. The molecule has 3 amide bonds. The van der Waals surface area contributed by atoms with Crippen LogP contribution >= 0.6 is 11.3 Å². The van der Waals surface area contributed by atoms with Crippen LogP contribution in [0.5, 0.6) is 0 Å². The van der Waals surface area contributed by atoms with Crippen molar-refractivity contribution in [1.29, 1.82) is 0 Å². The number of nitrogens with zero attached hydrogens (tertiary/aromatic N) is 1. The summed E-state index contributed by atoms with van der Waals surface area (Å²) >= 11 is 1.35. The molecule has 0 radical (unpaired) electrons. The number of hydrogen-bond donors (Lipinski definition) is 3. The van der Waals surface area contributed by atoms with Crippen LogP contribution in [0, 0.1) is 20.8 Å². The average Bonchev–Trinajstić information content (AvgIpc) is 3.39. The summed E-state index contributed by atoms with van der Waals surface area (Å²) in [7, 11) is 0. The molecule has 1 atom stereocenters. The molecule has 0 bridgehead atoms. The molecule has 0 saturated carbocycles. The number of carbonyl (C=O) groups excluding carboxylic acids is 2. The number of aryl methyl sites for hydroxylation is 4. The molecule has 1 aromatic heterocycles. The van der Waals surface area contributed by atoms with Gasteiger partial charge in [0.1, 0.15) is 0 Å². The van der Waals surface area contributed by atoms with Gasteiger partial charge in [-0.3, -0.25) is 10.1 Å². The highest BCUT2D eigenvalue weighted by Gasteiger charge is 2.23. The van der Waals surface area contributed by atoms with E-state index in [9.17, 15) is 9.59 Å². The molecule has 0 fully saturated rings. The van der Waals surface area contributed by atoms with Gasteiger partial charge in [-0.15, -0.1) is 0 Å². The van der Waals surface area contributed by atoms with E-state index in [1.165, 1.54) is 28.0 Å². The average molecular weight is 471 g/mol. The first-order chi connectivity index (χ1) is 16.4. The zero-order chi connectivity index (χ0) is 23.8. The molecule has 1 aliphatic carbocycles. The first-order valence-electron chi connectivity index (χ1n) is 11.3. The number of amides is 3. The molecular formula is C27H26N4O2S. The Hall–Kier alpha value is -3.71. The molecule has 0 aliphatic heterocycles. The van der Waals surface area contributed by atoms with Gasteiger partial charge in [0.25, 0.3) is 5.91 Å². The number of nitrogens with one attached hydrogen (secondary N) is 3. The van der Waals surface area contributed by atoms with E-state index in [-0.39, 0.29) is 18.0 Å². The molecule has 0 spiro atoms. The van der Waals surface area contributed by atoms with E-state index in [1.807, 2.05) is 45.0 Å². The molecule has 4 aromatic rings. The number of hydrogen-bond acceptors (Lipinski definition) is 4. The first-order valence-corrected chi connectivity index (χ1v) is 12.1. The van der Waals surface area contributed by atoms with E-state index in [4.69, 9.17) is 0 Å². The van der Waals surface area contributed by atoms with Crippen molar-refractivity contribution in [3.05, 3.63) is 88.0 Å². The number of thiazole rings is 1. The smallest absolute Gasteiger partial charge is 0.321 e. The Morgan fingerprint density at radius 2 is 1.74 bits per heavy atom. The van der Waals surface area contributed by atoms with Gasteiger partial charge in [-0.05, 0) is 74.1 Å². The number of rotatable bonds is 4. The lowest BCUT2D eigenvalue weighted by Crippen LogP contribution is -2.31. The van der Waals surface area contributed by atoms with Crippen molar-refractivity contribution >= 4 is 44.3 Å². The standard InChI is InChI=1S/C27H26N4O2S/c1-15-12-16(2)24(17(3)13-15)30-25(32)19-9-11-22-23(14-19)34-27(29-22)31-26(33)28-21-10-8-18-6-4-5-7-20(18)21/h4-7,9,11-14,21H,8,10H2,1-3H3,(H,30,32)(H2,28,29,31,33). The minimum atomic E-state index is -0.274. The molecular weight excluding hydrogens is 444 g/mol. The van der Waals surface area contributed by atoms with Crippen LogP contribution in [0.2, 0.25) is 0 Å². The lowest BCUT2D eigenvalue weighted by Gasteiger charge is -2.13.